The van der Waals surface area contributed by atoms with Crippen molar-refractivity contribution < 1.29 is 0 Å². The van der Waals surface area contributed by atoms with Crippen LogP contribution in [0.1, 0.15) is 274 Å². The Kier molecular flexibility index (Phi) is 36.3. The van der Waals surface area contributed by atoms with Crippen LogP contribution in [0, 0.1) is 0 Å². The number of benzene rings is 5. The monoisotopic (exact) mass is 1340 g/mol. The van der Waals surface area contributed by atoms with Gasteiger partial charge >= 0.3 is 0 Å². The van der Waals surface area contributed by atoms with E-state index >= 15 is 0 Å². The summed E-state index contributed by atoms with van der Waals surface area (Å²) in [5, 5.41) is 13.5. The number of nitrogens with zero attached hydrogens (tertiary/aromatic N) is 1. The Bertz CT molecular complexity index is 2260. The third-order valence-corrected chi connectivity index (χ3v) is 50.4. The molecule has 506 valence electrons. The molecule has 0 heterocycles. The largest absolute Gasteiger partial charge is 0.242 e. The first-order valence-electron chi connectivity index (χ1n) is 39.4. The van der Waals surface area contributed by atoms with Crippen molar-refractivity contribution in [3.63, 3.8) is 0 Å². The van der Waals surface area contributed by atoms with E-state index in [0.29, 0.717) is 12.0 Å². The van der Waals surface area contributed by atoms with E-state index in [-0.39, 0.29) is 0 Å². The fourth-order valence-corrected chi connectivity index (χ4v) is 45.5. The van der Waals surface area contributed by atoms with Crippen molar-refractivity contribution in [3.8, 4) is 0 Å². The van der Waals surface area contributed by atoms with Crippen molar-refractivity contribution in [2.45, 2.75) is 347 Å². The first kappa shape index (κ1) is 77.8. The smallest absolute Gasteiger partial charge is 0.0867 e. The zero-order valence-electron chi connectivity index (χ0n) is 61.4. The molecule has 0 spiro atoms. The lowest BCUT2D eigenvalue weighted by molar-refractivity contribution is 0.326. The number of hydrogen-bond donors (Lipinski definition) is 0. The maximum absolute atomic E-state index is 3.36. The molecule has 0 bridgehead atoms. The summed E-state index contributed by atoms with van der Waals surface area (Å²) in [6.07, 6.45) is 37.1. The SMILES string of the molecule is CCCC[Si](CCCC)(CCCC)c1ccc(P(c2ccc([Si](CCCC)(CCCC)CCCC)cc2)N(C2CCC(c3ccccc3)CC2)P(c2ccc([Si](CCCC)(CCCC)CCCC)cc2)c2ccc([Si](CCCC)(CCCC)CCCC)cc2)cc1. The lowest BCUT2D eigenvalue weighted by atomic mass is 9.82. The van der Waals surface area contributed by atoms with Crippen molar-refractivity contribution in [2.24, 2.45) is 0 Å². The Morgan fingerprint density at radius 3 is 0.648 bits per heavy atom. The lowest BCUT2D eigenvalue weighted by Crippen LogP contribution is -2.49. The first-order valence-corrected chi connectivity index (χ1v) is 52.5. The number of hydrogen-bond acceptors (Lipinski definition) is 1. The first-order chi connectivity index (χ1) is 44.5. The van der Waals surface area contributed by atoms with Crippen molar-refractivity contribution in [3.05, 3.63) is 133 Å². The van der Waals surface area contributed by atoms with E-state index < -0.39 is 48.4 Å². The normalized spacial score (nSPS) is 15.2. The zero-order valence-corrected chi connectivity index (χ0v) is 67.2. The summed E-state index contributed by atoms with van der Waals surface area (Å²) in [6, 6.07) is 74.0. The van der Waals surface area contributed by atoms with Gasteiger partial charge in [0.15, 0.2) is 0 Å². The van der Waals surface area contributed by atoms with Crippen LogP contribution in [0.4, 0.5) is 0 Å². The molecule has 0 radical (unpaired) electrons. The van der Waals surface area contributed by atoms with E-state index in [0.717, 1.165) is 0 Å². The van der Waals surface area contributed by atoms with Gasteiger partial charge in [0.1, 0.15) is 0 Å². The lowest BCUT2D eigenvalue weighted by Gasteiger charge is -2.46. The van der Waals surface area contributed by atoms with E-state index in [1.807, 2.05) is 0 Å². The molecule has 0 aliphatic heterocycles. The highest BCUT2D eigenvalue weighted by Gasteiger charge is 2.43. The zero-order chi connectivity index (χ0) is 65.2. The van der Waals surface area contributed by atoms with E-state index in [9.17, 15) is 0 Å². The van der Waals surface area contributed by atoms with Gasteiger partial charge in [0.2, 0.25) is 0 Å². The fourth-order valence-electron chi connectivity index (χ4n) is 16.8. The van der Waals surface area contributed by atoms with Crippen molar-refractivity contribution in [2.75, 3.05) is 0 Å². The van der Waals surface area contributed by atoms with Crippen LogP contribution in [0.25, 0.3) is 0 Å². The molecule has 0 amide bonds. The Labute approximate surface area is 571 Å². The third kappa shape index (κ3) is 21.9. The molecule has 0 saturated heterocycles. The molecule has 6 rings (SSSR count). The van der Waals surface area contributed by atoms with Gasteiger partial charge in [-0.05, 0) is 58.4 Å². The molecule has 5 aromatic carbocycles. The minimum absolute atomic E-state index is 0.467. The summed E-state index contributed by atoms with van der Waals surface area (Å²) in [5.74, 6) is 0.619. The standard InChI is InChI=1S/C84H139NP2Si4/c1-13-25-62-88(63-26-14-2,64-27-15-3)81-54-46-77(47-55-81)86(78-48-56-82(57-49-78)89(65-28-16-4,66-29-17-5)67-30-18-6)85(76-44-42-75(43-45-76)74-40-38-37-39-41-74)87(79-50-58-83(59-51-79)90(68-31-19-7,69-32-20-8)70-33-21-9)80-52-60-84(61-53-80)91(71-34-22-10,72-35-23-11)73-36-24-12/h37-41,46-61,75-76H,13-36,42-45,62-73H2,1-12H3. The molecule has 7 heteroatoms. The molecule has 0 N–H and O–H groups in total. The highest BCUT2D eigenvalue weighted by Crippen LogP contribution is 2.59. The maximum atomic E-state index is 3.36. The van der Waals surface area contributed by atoms with E-state index in [2.05, 4.69) is 215 Å². The number of unbranched alkanes of at least 4 members (excludes halogenated alkanes) is 12. The Balaban J connectivity index is 1.73. The molecule has 1 fully saturated rings. The predicted molar refractivity (Wildman–Crippen MR) is 430 cm³/mol. The summed E-state index contributed by atoms with van der Waals surface area (Å²) in [7, 11) is -8.89. The summed E-state index contributed by atoms with van der Waals surface area (Å²) >= 11 is 0. The van der Waals surface area contributed by atoms with Crippen LogP contribution >= 0.6 is 16.1 Å². The second kappa shape index (κ2) is 42.5. The number of rotatable bonds is 48. The molecule has 1 nitrogen and oxygen atoms in total. The molecule has 91 heavy (non-hydrogen) atoms. The van der Waals surface area contributed by atoms with Gasteiger partial charge in [-0.3, -0.25) is 0 Å². The topological polar surface area (TPSA) is 3.24 Å². The third-order valence-electron chi connectivity index (χ3n) is 22.7. The van der Waals surface area contributed by atoms with Gasteiger partial charge in [-0.25, -0.2) is 4.44 Å². The van der Waals surface area contributed by atoms with Crippen LogP contribution in [0.3, 0.4) is 0 Å². The van der Waals surface area contributed by atoms with Gasteiger partial charge in [-0.15, -0.1) is 0 Å². The van der Waals surface area contributed by atoms with Crippen LogP contribution in [0.5, 0.6) is 0 Å². The summed E-state index contributed by atoms with van der Waals surface area (Å²) in [4.78, 5) is 0. The van der Waals surface area contributed by atoms with Crippen LogP contribution in [-0.2, 0) is 0 Å². The predicted octanol–water partition coefficient (Wildman–Crippen LogP) is 24.3. The van der Waals surface area contributed by atoms with Gasteiger partial charge in [0.25, 0.3) is 0 Å². The average Bonchev–Trinajstić information content (AvgIpc) is 0.773. The molecule has 5 aromatic rings. The second-order valence-corrected chi connectivity index (χ2v) is 52.5. The highest BCUT2D eigenvalue weighted by molar-refractivity contribution is 7.84. The Morgan fingerprint density at radius 2 is 0.462 bits per heavy atom. The summed E-state index contributed by atoms with van der Waals surface area (Å²) in [6.45, 7) is 29.3. The molecule has 0 atom stereocenters. The van der Waals surface area contributed by atoms with Crippen LogP contribution in [0.2, 0.25) is 72.5 Å². The van der Waals surface area contributed by atoms with Gasteiger partial charge in [0, 0.05) is 22.2 Å². The Morgan fingerprint density at radius 1 is 0.264 bits per heavy atom. The van der Waals surface area contributed by atoms with Crippen LogP contribution < -0.4 is 42.0 Å². The van der Waals surface area contributed by atoms with Crippen molar-refractivity contribution in [1.29, 1.82) is 0 Å². The van der Waals surface area contributed by atoms with Gasteiger partial charge in [-0.1, -0.05) is 458 Å². The van der Waals surface area contributed by atoms with Crippen LogP contribution in [0.15, 0.2) is 127 Å². The summed E-state index contributed by atoms with van der Waals surface area (Å²) in [5.41, 5.74) is 1.56. The molecular weight excluding hydrogens is 1200 g/mol. The van der Waals surface area contributed by atoms with Gasteiger partial charge in [-0.2, -0.15) is 0 Å². The summed E-state index contributed by atoms with van der Waals surface area (Å²) < 4.78 is 3.36. The van der Waals surface area contributed by atoms with Crippen LogP contribution in [-0.4, -0.2) is 42.8 Å². The van der Waals surface area contributed by atoms with E-state index in [1.54, 1.807) is 47.5 Å². The van der Waals surface area contributed by atoms with Gasteiger partial charge in [0.05, 0.1) is 32.3 Å². The molecule has 1 saturated carbocycles. The Hall–Kier alpha value is -2.21. The minimum atomic E-state index is -1.75. The van der Waals surface area contributed by atoms with Crippen molar-refractivity contribution >= 4 is 90.4 Å². The molecule has 0 aromatic heterocycles. The van der Waals surface area contributed by atoms with E-state index in [4.69, 9.17) is 0 Å². The highest BCUT2D eigenvalue weighted by atomic mass is 31.2. The molecule has 1 aliphatic rings. The maximum Gasteiger partial charge on any atom is 0.0867 e. The molecule has 1 aliphatic carbocycles. The molecule has 0 unspecified atom stereocenters. The van der Waals surface area contributed by atoms with E-state index in [1.165, 1.54) is 252 Å². The fraction of sp³-hybridized carbons (Fsp3) is 0.643. The van der Waals surface area contributed by atoms with Crippen molar-refractivity contribution in [1.82, 2.24) is 4.44 Å². The molecular formula is C84H139NP2Si4. The quantitative estimate of drug-likeness (QED) is 0.0277. The minimum Gasteiger partial charge on any atom is -0.242 e. The second-order valence-electron chi connectivity index (χ2n) is 29.4. The average molecular weight is 1340 g/mol. The van der Waals surface area contributed by atoms with Gasteiger partial charge < -0.3 is 0 Å².